The number of hydrogen-bond donors (Lipinski definition) is 0. The Balaban J connectivity index is 1.86. The van der Waals surface area contributed by atoms with Gasteiger partial charge in [-0.15, -0.1) is 0 Å². The second-order valence-corrected chi connectivity index (χ2v) is 14.4. The van der Waals surface area contributed by atoms with Crippen molar-refractivity contribution >= 4 is 45.1 Å². The van der Waals surface area contributed by atoms with Gasteiger partial charge in [0.25, 0.3) is 0 Å². The molecule has 0 amide bonds. The highest BCUT2D eigenvalue weighted by Gasteiger charge is 2.22. The summed E-state index contributed by atoms with van der Waals surface area (Å²) in [6.07, 6.45) is 14.0. The van der Waals surface area contributed by atoms with Crippen LogP contribution < -0.4 is 9.47 Å². The average molecular weight is 757 g/mol. The van der Waals surface area contributed by atoms with Crippen molar-refractivity contribution in [2.24, 2.45) is 0 Å². The normalized spacial score (nSPS) is 12.5. The predicted octanol–water partition coefficient (Wildman–Crippen LogP) is 11.6. The van der Waals surface area contributed by atoms with Gasteiger partial charge in [0.2, 0.25) is 0 Å². The molecule has 3 aromatic rings. The summed E-state index contributed by atoms with van der Waals surface area (Å²) >= 11 is 6.59. The van der Waals surface area contributed by atoms with Crippen LogP contribution in [0.3, 0.4) is 0 Å². The van der Waals surface area contributed by atoms with E-state index in [4.69, 9.17) is 40.0 Å². The maximum absolute atomic E-state index is 12.8. The van der Waals surface area contributed by atoms with Crippen LogP contribution in [0.4, 0.5) is 0 Å². The van der Waals surface area contributed by atoms with E-state index in [-0.39, 0.29) is 38.4 Å². The lowest BCUT2D eigenvalue weighted by Crippen LogP contribution is -2.30. The monoisotopic (exact) mass is 756 g/mol. The molecule has 296 valence electrons. The van der Waals surface area contributed by atoms with Crippen LogP contribution in [0.5, 0.6) is 11.5 Å². The van der Waals surface area contributed by atoms with Crippen LogP contribution in [0.2, 0.25) is 5.02 Å². The van der Waals surface area contributed by atoms with Crippen LogP contribution >= 0.6 is 11.6 Å². The number of benzene rings is 3. The molecule has 2 unspecified atom stereocenters. The topological polar surface area (TPSA) is 89.5 Å². The van der Waals surface area contributed by atoms with Gasteiger partial charge in [0.05, 0.1) is 13.2 Å². The molecule has 0 bridgehead atoms. The maximum Gasteiger partial charge on any atom is 0.306 e. The Bertz CT molecular complexity index is 1480. The fourth-order valence-corrected chi connectivity index (χ4v) is 6.36. The molecule has 3 rings (SSSR count). The number of carbonyl (C=O) groups is 2. The molecule has 9 heteroatoms. The number of fused-ring (bicyclic) bond motifs is 2. The number of unbranched alkanes of at least 4 members (excludes halogenated alkanes) is 10. The first-order valence-electron chi connectivity index (χ1n) is 20.4. The third kappa shape index (κ3) is 16.5. The molecule has 0 heterocycles. The highest BCUT2D eigenvalue weighted by Crippen LogP contribution is 2.44. The standard InChI is InChI=1S/C44H65ClO8/c1-5-9-13-19-27-48-30-35(52-41(46)23-15-11-7-3)32-50-43-37-21-17-18-22-38(37)44(40-29-34(45)25-26-39(40)43)51-33-36(31-49-28-20-14-10-6-2)53-42(47)24-16-12-8-4/h17-18,21-22,25-26,29,35-36H,5-16,19-20,23-24,27-28,30-33H2,1-4H3. The van der Waals surface area contributed by atoms with E-state index in [1.54, 1.807) is 0 Å². The quantitative estimate of drug-likeness (QED) is 0.0377. The molecule has 0 N–H and O–H groups in total. The average Bonchev–Trinajstić information content (AvgIpc) is 3.15. The van der Waals surface area contributed by atoms with Gasteiger partial charge >= 0.3 is 11.9 Å². The lowest BCUT2D eigenvalue weighted by atomic mass is 10.0. The number of esters is 2. The molecule has 8 nitrogen and oxygen atoms in total. The molecule has 3 aromatic carbocycles. The molecule has 0 fully saturated rings. The minimum atomic E-state index is -0.575. The minimum Gasteiger partial charge on any atom is -0.488 e. The van der Waals surface area contributed by atoms with Gasteiger partial charge in [0, 0.05) is 52.6 Å². The van der Waals surface area contributed by atoms with Crippen LogP contribution in [0, 0.1) is 0 Å². The summed E-state index contributed by atoms with van der Waals surface area (Å²) in [4.78, 5) is 25.6. The second-order valence-electron chi connectivity index (χ2n) is 13.9. The molecule has 0 aliphatic heterocycles. The van der Waals surface area contributed by atoms with Crippen molar-refractivity contribution in [3.05, 3.63) is 47.5 Å². The summed E-state index contributed by atoms with van der Waals surface area (Å²) in [6.45, 7) is 10.6. The molecule has 0 saturated carbocycles. The molecule has 53 heavy (non-hydrogen) atoms. The van der Waals surface area contributed by atoms with E-state index in [2.05, 4.69) is 27.7 Å². The molecule has 0 aliphatic rings. The lowest BCUT2D eigenvalue weighted by Gasteiger charge is -2.23. The highest BCUT2D eigenvalue weighted by atomic mass is 35.5. The zero-order valence-corrected chi connectivity index (χ0v) is 33.7. The maximum atomic E-state index is 12.8. The highest BCUT2D eigenvalue weighted by molar-refractivity contribution is 6.31. The molecule has 0 aromatic heterocycles. The third-order valence-corrected chi connectivity index (χ3v) is 9.41. The van der Waals surface area contributed by atoms with Gasteiger partial charge in [-0.2, -0.15) is 0 Å². The Kier molecular flexibility index (Phi) is 22.3. The van der Waals surface area contributed by atoms with Gasteiger partial charge < -0.3 is 28.4 Å². The van der Waals surface area contributed by atoms with Crippen molar-refractivity contribution in [2.45, 2.75) is 143 Å². The van der Waals surface area contributed by atoms with Gasteiger partial charge in [-0.1, -0.05) is 128 Å². The first kappa shape index (κ1) is 44.3. The summed E-state index contributed by atoms with van der Waals surface area (Å²) in [6, 6.07) is 13.5. The van der Waals surface area contributed by atoms with Gasteiger partial charge in [0.1, 0.15) is 24.7 Å². The van der Waals surface area contributed by atoms with Crippen molar-refractivity contribution < 1.29 is 38.0 Å². The molecular formula is C44H65ClO8. The number of hydrogen-bond acceptors (Lipinski definition) is 8. The van der Waals surface area contributed by atoms with E-state index in [1.165, 1.54) is 12.8 Å². The fourth-order valence-electron chi connectivity index (χ4n) is 6.19. The largest absolute Gasteiger partial charge is 0.488 e. The van der Waals surface area contributed by atoms with Crippen LogP contribution in [0.1, 0.15) is 130 Å². The summed E-state index contributed by atoms with van der Waals surface area (Å²) in [5.74, 6) is 0.782. The molecule has 0 spiro atoms. The van der Waals surface area contributed by atoms with E-state index in [0.29, 0.717) is 42.6 Å². The van der Waals surface area contributed by atoms with Crippen molar-refractivity contribution in [2.75, 3.05) is 39.6 Å². The Morgan fingerprint density at radius 1 is 0.528 bits per heavy atom. The van der Waals surface area contributed by atoms with Gasteiger partial charge in [-0.05, 0) is 43.9 Å². The Hall–Kier alpha value is -3.07. The van der Waals surface area contributed by atoms with Crippen LogP contribution in [-0.4, -0.2) is 63.8 Å². The third-order valence-electron chi connectivity index (χ3n) is 9.17. The van der Waals surface area contributed by atoms with Gasteiger partial charge in [0.15, 0.2) is 12.2 Å². The smallest absolute Gasteiger partial charge is 0.306 e. The van der Waals surface area contributed by atoms with Crippen LogP contribution in [-0.2, 0) is 28.5 Å². The lowest BCUT2D eigenvalue weighted by molar-refractivity contribution is -0.155. The van der Waals surface area contributed by atoms with Crippen molar-refractivity contribution in [1.29, 1.82) is 0 Å². The first-order valence-corrected chi connectivity index (χ1v) is 20.7. The summed E-state index contributed by atoms with van der Waals surface area (Å²) in [7, 11) is 0. The Morgan fingerprint density at radius 3 is 1.43 bits per heavy atom. The summed E-state index contributed by atoms with van der Waals surface area (Å²) < 4.78 is 37.0. The fraction of sp³-hybridized carbons (Fsp3) is 0.636. The van der Waals surface area contributed by atoms with E-state index in [9.17, 15) is 9.59 Å². The molecule has 0 saturated heterocycles. The van der Waals surface area contributed by atoms with E-state index < -0.39 is 12.2 Å². The molecule has 2 atom stereocenters. The van der Waals surface area contributed by atoms with Gasteiger partial charge in [-0.25, -0.2) is 0 Å². The van der Waals surface area contributed by atoms with E-state index >= 15 is 0 Å². The van der Waals surface area contributed by atoms with Crippen molar-refractivity contribution in [3.8, 4) is 11.5 Å². The summed E-state index contributed by atoms with van der Waals surface area (Å²) in [5, 5.41) is 3.78. The Labute approximate surface area is 323 Å². The summed E-state index contributed by atoms with van der Waals surface area (Å²) in [5.41, 5.74) is 0. The molecular weight excluding hydrogens is 692 g/mol. The molecule has 0 radical (unpaired) electrons. The van der Waals surface area contributed by atoms with Gasteiger partial charge in [-0.3, -0.25) is 9.59 Å². The van der Waals surface area contributed by atoms with Crippen LogP contribution in [0.15, 0.2) is 42.5 Å². The number of ether oxygens (including phenoxy) is 6. The first-order chi connectivity index (χ1) is 25.9. The second kappa shape index (κ2) is 26.7. The zero-order chi connectivity index (χ0) is 38.1. The van der Waals surface area contributed by atoms with Crippen LogP contribution in [0.25, 0.3) is 21.5 Å². The van der Waals surface area contributed by atoms with Crippen molar-refractivity contribution in [3.63, 3.8) is 0 Å². The van der Waals surface area contributed by atoms with E-state index in [1.807, 2.05) is 42.5 Å². The van der Waals surface area contributed by atoms with Crippen molar-refractivity contribution in [1.82, 2.24) is 0 Å². The predicted molar refractivity (Wildman–Crippen MR) is 215 cm³/mol. The number of halogens is 1. The number of rotatable bonds is 30. The zero-order valence-electron chi connectivity index (χ0n) is 32.9. The molecule has 0 aliphatic carbocycles. The Morgan fingerprint density at radius 2 is 0.962 bits per heavy atom. The SMILES string of the molecule is CCCCCCOCC(COc1c2ccccc2c(OCC(COCCCCCC)OC(=O)CCCCC)c2cc(Cl)ccc12)OC(=O)CCCCC. The number of carbonyl (C=O) groups excluding carboxylic acids is 2. The van der Waals surface area contributed by atoms with E-state index in [0.717, 1.165) is 98.6 Å². The minimum absolute atomic E-state index is 0.117.